The minimum Gasteiger partial charge on any atom is -0.469 e. The Bertz CT molecular complexity index is 444. The van der Waals surface area contributed by atoms with Crippen LogP contribution in [0.5, 0.6) is 0 Å². The number of carbonyl (C=O) groups is 1. The predicted molar refractivity (Wildman–Crippen MR) is 66.8 cm³/mol. The highest BCUT2D eigenvalue weighted by atomic mass is 16.5. The van der Waals surface area contributed by atoms with E-state index in [4.69, 9.17) is 20.1 Å². The number of aryl methyl sites for hydroxylation is 1. The average molecular weight is 267 g/mol. The van der Waals surface area contributed by atoms with E-state index in [0.29, 0.717) is 32.5 Å². The predicted octanol–water partition coefficient (Wildman–Crippen LogP) is 0.186. The maximum atomic E-state index is 12.0. The maximum absolute atomic E-state index is 12.0. The van der Waals surface area contributed by atoms with E-state index in [1.165, 1.54) is 0 Å². The van der Waals surface area contributed by atoms with Gasteiger partial charge in [-0.2, -0.15) is 0 Å². The van der Waals surface area contributed by atoms with Crippen molar-refractivity contribution in [3.05, 3.63) is 24.2 Å². The zero-order chi connectivity index (χ0) is 13.7. The lowest BCUT2D eigenvalue weighted by molar-refractivity contribution is -0.136. The molecule has 0 spiro atoms. The molecular formula is C12H17N3O4. The van der Waals surface area contributed by atoms with Gasteiger partial charge in [0.2, 0.25) is 5.91 Å². The van der Waals surface area contributed by atoms with Crippen molar-refractivity contribution in [1.29, 1.82) is 0 Å². The molecule has 19 heavy (non-hydrogen) atoms. The molecule has 1 saturated heterocycles. The van der Waals surface area contributed by atoms with Crippen molar-refractivity contribution >= 4 is 11.7 Å². The minimum absolute atomic E-state index is 0.00967. The molecule has 0 saturated carbocycles. The first kappa shape index (κ1) is 13.4. The van der Waals surface area contributed by atoms with E-state index < -0.39 is 6.10 Å². The van der Waals surface area contributed by atoms with Crippen LogP contribution < -0.4 is 5.73 Å². The Balaban J connectivity index is 1.85. The van der Waals surface area contributed by atoms with Gasteiger partial charge >= 0.3 is 0 Å². The smallest absolute Gasteiger partial charge is 0.223 e. The molecule has 7 nitrogen and oxygen atoms in total. The van der Waals surface area contributed by atoms with Crippen LogP contribution in [0.1, 0.15) is 12.2 Å². The van der Waals surface area contributed by atoms with Crippen molar-refractivity contribution in [2.75, 3.05) is 19.7 Å². The van der Waals surface area contributed by atoms with Crippen LogP contribution in [0.25, 0.3) is 0 Å². The van der Waals surface area contributed by atoms with Gasteiger partial charge < -0.3 is 25.0 Å². The number of ether oxygens (including phenoxy) is 1. The van der Waals surface area contributed by atoms with Crippen LogP contribution >= 0.6 is 0 Å². The number of amides is 1. The van der Waals surface area contributed by atoms with E-state index in [-0.39, 0.29) is 11.7 Å². The van der Waals surface area contributed by atoms with Crippen molar-refractivity contribution < 1.29 is 19.2 Å². The standard InChI is InChI=1S/C12H17N3O4/c13-12(14-17)10-8-15(5-7-19-10)11(16)4-3-9-2-1-6-18-9/h1-2,6,10,17H,3-5,7-8H2,(H2,13,14). The summed E-state index contributed by atoms with van der Waals surface area (Å²) >= 11 is 0. The van der Waals surface area contributed by atoms with Crippen molar-refractivity contribution in [2.24, 2.45) is 10.9 Å². The summed E-state index contributed by atoms with van der Waals surface area (Å²) in [6.07, 6.45) is 1.99. The number of morpholine rings is 1. The molecule has 1 fully saturated rings. The third-order valence-corrected chi connectivity index (χ3v) is 3.03. The molecule has 104 valence electrons. The molecule has 0 bridgehead atoms. The van der Waals surface area contributed by atoms with Gasteiger partial charge in [0.25, 0.3) is 0 Å². The molecule has 1 aliphatic heterocycles. The SMILES string of the molecule is NC(=NO)C1CN(C(=O)CCc2ccco2)CCO1. The first-order valence-corrected chi connectivity index (χ1v) is 6.10. The third-order valence-electron chi connectivity index (χ3n) is 3.03. The van der Waals surface area contributed by atoms with Crippen molar-refractivity contribution in [3.63, 3.8) is 0 Å². The number of nitrogens with zero attached hydrogens (tertiary/aromatic N) is 2. The normalized spacial score (nSPS) is 20.5. The minimum atomic E-state index is -0.536. The third kappa shape index (κ3) is 3.47. The summed E-state index contributed by atoms with van der Waals surface area (Å²) in [6, 6.07) is 3.63. The van der Waals surface area contributed by atoms with Crippen LogP contribution in [-0.2, 0) is 16.0 Å². The Morgan fingerprint density at radius 2 is 2.47 bits per heavy atom. The first-order valence-electron chi connectivity index (χ1n) is 6.10. The molecule has 7 heteroatoms. The van der Waals surface area contributed by atoms with Crippen LogP contribution in [0, 0.1) is 0 Å². The largest absolute Gasteiger partial charge is 0.469 e. The number of carbonyl (C=O) groups excluding carboxylic acids is 1. The summed E-state index contributed by atoms with van der Waals surface area (Å²) in [5.74, 6) is 0.786. The molecule has 1 atom stereocenters. The molecular weight excluding hydrogens is 250 g/mol. The summed E-state index contributed by atoms with van der Waals surface area (Å²) < 4.78 is 10.5. The van der Waals surface area contributed by atoms with Crippen LogP contribution in [0.15, 0.2) is 28.0 Å². The van der Waals surface area contributed by atoms with Gasteiger partial charge in [0.15, 0.2) is 5.84 Å². The Hall–Kier alpha value is -2.02. The van der Waals surface area contributed by atoms with Gasteiger partial charge in [-0.3, -0.25) is 4.79 Å². The van der Waals surface area contributed by atoms with Gasteiger partial charge in [-0.25, -0.2) is 0 Å². The second-order valence-electron chi connectivity index (χ2n) is 4.30. The highest BCUT2D eigenvalue weighted by Crippen LogP contribution is 2.10. The second-order valence-corrected chi connectivity index (χ2v) is 4.30. The number of nitrogens with two attached hydrogens (primary N) is 1. The Morgan fingerprint density at radius 3 is 3.16 bits per heavy atom. The number of amidine groups is 1. The molecule has 1 aromatic heterocycles. The van der Waals surface area contributed by atoms with Crippen molar-refractivity contribution in [1.82, 2.24) is 4.90 Å². The van der Waals surface area contributed by atoms with Crippen molar-refractivity contribution in [2.45, 2.75) is 18.9 Å². The van der Waals surface area contributed by atoms with Crippen LogP contribution in [0.2, 0.25) is 0 Å². The highest BCUT2D eigenvalue weighted by Gasteiger charge is 2.26. The fourth-order valence-corrected chi connectivity index (χ4v) is 1.96. The summed E-state index contributed by atoms with van der Waals surface area (Å²) in [7, 11) is 0. The molecule has 1 aliphatic rings. The van der Waals surface area contributed by atoms with Gasteiger partial charge in [-0.15, -0.1) is 0 Å². The zero-order valence-electron chi connectivity index (χ0n) is 10.5. The van der Waals surface area contributed by atoms with Crippen molar-refractivity contribution in [3.8, 4) is 0 Å². The molecule has 0 radical (unpaired) electrons. The Morgan fingerprint density at radius 1 is 1.63 bits per heavy atom. The summed E-state index contributed by atoms with van der Waals surface area (Å²) in [6.45, 7) is 1.21. The number of hydrogen-bond donors (Lipinski definition) is 2. The molecule has 2 rings (SSSR count). The topological polar surface area (TPSA) is 101 Å². The second kappa shape index (κ2) is 6.24. The molecule has 2 heterocycles. The number of oxime groups is 1. The van der Waals surface area contributed by atoms with Gasteiger partial charge in [0.05, 0.1) is 19.4 Å². The fraction of sp³-hybridized carbons (Fsp3) is 0.500. The first-order chi connectivity index (χ1) is 9.20. The van der Waals surface area contributed by atoms with E-state index in [1.807, 2.05) is 6.07 Å². The van der Waals surface area contributed by atoms with Gasteiger partial charge in [-0.05, 0) is 12.1 Å². The van der Waals surface area contributed by atoms with E-state index in [0.717, 1.165) is 5.76 Å². The van der Waals surface area contributed by atoms with E-state index in [2.05, 4.69) is 5.16 Å². The number of rotatable bonds is 4. The van der Waals surface area contributed by atoms with Gasteiger partial charge in [-0.1, -0.05) is 5.16 Å². The maximum Gasteiger partial charge on any atom is 0.223 e. The van der Waals surface area contributed by atoms with E-state index in [1.54, 1.807) is 17.2 Å². The van der Waals surface area contributed by atoms with E-state index >= 15 is 0 Å². The molecule has 1 unspecified atom stereocenters. The zero-order valence-corrected chi connectivity index (χ0v) is 10.5. The summed E-state index contributed by atoms with van der Waals surface area (Å²) in [5.41, 5.74) is 5.48. The lowest BCUT2D eigenvalue weighted by Gasteiger charge is -2.32. The number of hydrogen-bond acceptors (Lipinski definition) is 5. The average Bonchev–Trinajstić information content (AvgIpc) is 2.97. The fourth-order valence-electron chi connectivity index (χ4n) is 1.96. The van der Waals surface area contributed by atoms with Crippen LogP contribution in [-0.4, -0.2) is 47.7 Å². The Labute approximate surface area is 110 Å². The molecule has 1 amide bonds. The van der Waals surface area contributed by atoms with Crippen LogP contribution in [0.4, 0.5) is 0 Å². The Kier molecular flexibility index (Phi) is 4.40. The number of furan rings is 1. The molecule has 1 aromatic rings. The quantitative estimate of drug-likeness (QED) is 0.351. The molecule has 0 aliphatic carbocycles. The highest BCUT2D eigenvalue weighted by molar-refractivity contribution is 5.85. The summed E-state index contributed by atoms with van der Waals surface area (Å²) in [4.78, 5) is 13.7. The van der Waals surface area contributed by atoms with Crippen LogP contribution in [0.3, 0.4) is 0 Å². The van der Waals surface area contributed by atoms with Gasteiger partial charge in [0, 0.05) is 19.4 Å². The summed E-state index contributed by atoms with van der Waals surface area (Å²) in [5, 5.41) is 11.5. The van der Waals surface area contributed by atoms with E-state index in [9.17, 15) is 4.79 Å². The molecule has 0 aromatic carbocycles. The van der Waals surface area contributed by atoms with Gasteiger partial charge in [0.1, 0.15) is 11.9 Å². The molecule has 3 N–H and O–H groups in total. The monoisotopic (exact) mass is 267 g/mol. The lowest BCUT2D eigenvalue weighted by atomic mass is 10.2. The lowest BCUT2D eigenvalue weighted by Crippen LogP contribution is -2.50.